The van der Waals surface area contributed by atoms with Crippen molar-refractivity contribution >= 4 is 28.0 Å². The molecule has 3 aromatic rings. The molecule has 4 atom stereocenters. The van der Waals surface area contributed by atoms with E-state index >= 15 is 8.78 Å². The average Bonchev–Trinajstić information content (AvgIpc) is 4.00. The predicted molar refractivity (Wildman–Crippen MR) is 184 cm³/mol. The molecule has 1 spiro atoms. The standard InChI is InChI=1S/C38H42F4N6O2/c1-5-25(28(39)6-2)30-21(3)13-24(43)15-26(30)32-31(40)33-27(17-44-32)34(48-11-12-49-19-22-14-29(22)48)46-35(45-33)50-20-36(4)37(7-8-37)9-10-47(36)18-23-16-38(23,41)42/h1,13,15,17,22-23,29H,6-12,14,16,18-20,43H2,2-4H3/b28-25+/t22?,23?,29?,36-/m0/s1. The SMILES string of the molecule is C#C/C(=C(\F)CC)c1c(C)cc(N)cc1-c1ncc2c(N3CCOCC4CC43)nc(OC[C@]3(C)N(CC4CC4(F)F)CCC34CC4)nc2c1F. The van der Waals surface area contributed by atoms with Gasteiger partial charge in [-0.15, -0.1) is 6.42 Å². The Morgan fingerprint density at radius 2 is 1.98 bits per heavy atom. The van der Waals surface area contributed by atoms with Gasteiger partial charge in [0, 0.05) is 60.4 Å². The quantitative estimate of drug-likeness (QED) is 0.147. The number of nitrogens with zero attached hydrogens (tertiary/aromatic N) is 5. The van der Waals surface area contributed by atoms with E-state index in [0.29, 0.717) is 60.2 Å². The number of nitrogens with two attached hydrogens (primary N) is 1. The molecular formula is C38H42F4N6O2. The van der Waals surface area contributed by atoms with Gasteiger partial charge in [-0.2, -0.15) is 9.97 Å². The zero-order valence-corrected chi connectivity index (χ0v) is 28.7. The van der Waals surface area contributed by atoms with Crippen molar-refractivity contribution in [2.24, 2.45) is 17.3 Å². The first-order valence-electron chi connectivity index (χ1n) is 17.6. The molecule has 2 aliphatic heterocycles. The number of hydrogen-bond donors (Lipinski definition) is 1. The average molecular weight is 691 g/mol. The number of allylic oxidation sites excluding steroid dienone is 2. The van der Waals surface area contributed by atoms with E-state index in [2.05, 4.69) is 32.6 Å². The van der Waals surface area contributed by atoms with Gasteiger partial charge in [-0.05, 0) is 75.6 Å². The van der Waals surface area contributed by atoms with Gasteiger partial charge in [-0.25, -0.2) is 17.6 Å². The molecule has 3 unspecified atom stereocenters. The number of aromatic nitrogens is 3. The van der Waals surface area contributed by atoms with E-state index in [4.69, 9.17) is 26.6 Å². The van der Waals surface area contributed by atoms with Gasteiger partial charge in [-0.1, -0.05) is 12.8 Å². The number of alkyl halides is 2. The Kier molecular flexibility index (Phi) is 7.84. The predicted octanol–water partition coefficient (Wildman–Crippen LogP) is 6.95. The minimum atomic E-state index is -2.61. The van der Waals surface area contributed by atoms with Crippen LogP contribution in [0.15, 0.2) is 24.2 Å². The van der Waals surface area contributed by atoms with Crippen LogP contribution in [0.5, 0.6) is 6.01 Å². The molecule has 2 saturated heterocycles. The van der Waals surface area contributed by atoms with E-state index in [1.807, 2.05) is 0 Å². The lowest BCUT2D eigenvalue weighted by molar-refractivity contribution is 0.0279. The Morgan fingerprint density at radius 3 is 2.68 bits per heavy atom. The fourth-order valence-corrected chi connectivity index (χ4v) is 8.52. The molecule has 3 saturated carbocycles. The van der Waals surface area contributed by atoms with E-state index in [9.17, 15) is 8.78 Å². The largest absolute Gasteiger partial charge is 0.461 e. The summed E-state index contributed by atoms with van der Waals surface area (Å²) < 4.78 is 72.5. The maximum Gasteiger partial charge on any atom is 0.319 e. The molecule has 8 rings (SSSR count). The van der Waals surface area contributed by atoms with Crippen LogP contribution in [0.1, 0.15) is 63.5 Å². The number of aryl methyl sites for hydroxylation is 1. The molecule has 0 amide bonds. The Balaban J connectivity index is 1.23. The van der Waals surface area contributed by atoms with Crippen molar-refractivity contribution in [2.45, 2.75) is 76.8 Å². The Bertz CT molecular complexity index is 1960. The number of ether oxygens (including phenoxy) is 2. The first-order valence-corrected chi connectivity index (χ1v) is 17.6. The van der Waals surface area contributed by atoms with E-state index in [1.54, 1.807) is 32.2 Å². The highest BCUT2D eigenvalue weighted by Crippen LogP contribution is 2.63. The minimum Gasteiger partial charge on any atom is -0.461 e. The van der Waals surface area contributed by atoms with Crippen LogP contribution < -0.4 is 15.4 Å². The number of rotatable bonds is 9. The molecule has 2 aromatic heterocycles. The Hall–Kier alpha value is -3.95. The molecule has 3 aliphatic carbocycles. The summed E-state index contributed by atoms with van der Waals surface area (Å²) in [7, 11) is 0. The minimum absolute atomic E-state index is 0.00205. The second-order valence-corrected chi connectivity index (χ2v) is 15.1. The second-order valence-electron chi connectivity index (χ2n) is 15.1. The van der Waals surface area contributed by atoms with Gasteiger partial charge in [0.05, 0.1) is 29.7 Å². The molecule has 50 heavy (non-hydrogen) atoms. The van der Waals surface area contributed by atoms with E-state index in [-0.39, 0.29) is 59.3 Å². The topological polar surface area (TPSA) is 89.6 Å². The summed E-state index contributed by atoms with van der Waals surface area (Å²) in [5.41, 5.74) is 7.20. The lowest BCUT2D eigenvalue weighted by Gasteiger charge is -2.39. The summed E-state index contributed by atoms with van der Waals surface area (Å²) in [4.78, 5) is 18.4. The molecule has 12 heteroatoms. The molecule has 4 heterocycles. The van der Waals surface area contributed by atoms with Gasteiger partial charge in [0.2, 0.25) is 0 Å². The monoisotopic (exact) mass is 690 g/mol. The van der Waals surface area contributed by atoms with Crippen molar-refractivity contribution in [2.75, 3.05) is 50.1 Å². The van der Waals surface area contributed by atoms with Crippen LogP contribution in [-0.4, -0.2) is 76.8 Å². The van der Waals surface area contributed by atoms with Crippen LogP contribution in [-0.2, 0) is 4.74 Å². The molecule has 2 N–H and O–H groups in total. The maximum atomic E-state index is 17.1. The summed E-state index contributed by atoms with van der Waals surface area (Å²) in [6.45, 7) is 8.40. The van der Waals surface area contributed by atoms with Crippen molar-refractivity contribution in [1.82, 2.24) is 19.9 Å². The van der Waals surface area contributed by atoms with E-state index in [0.717, 1.165) is 32.2 Å². The fraction of sp³-hybridized carbons (Fsp3) is 0.553. The van der Waals surface area contributed by atoms with Crippen LogP contribution in [0.4, 0.5) is 29.1 Å². The number of hydrogen-bond acceptors (Lipinski definition) is 8. The van der Waals surface area contributed by atoms with Crippen molar-refractivity contribution in [3.63, 3.8) is 0 Å². The molecule has 0 radical (unpaired) electrons. The third-order valence-electron chi connectivity index (χ3n) is 12.0. The van der Waals surface area contributed by atoms with Gasteiger partial charge in [0.25, 0.3) is 5.92 Å². The molecule has 5 aliphatic rings. The number of fused-ring (bicyclic) bond motifs is 2. The van der Waals surface area contributed by atoms with Crippen molar-refractivity contribution in [3.8, 4) is 29.6 Å². The molecule has 5 fully saturated rings. The molecule has 264 valence electrons. The second kappa shape index (κ2) is 11.8. The number of terminal acetylenes is 1. The van der Waals surface area contributed by atoms with Gasteiger partial charge >= 0.3 is 6.01 Å². The summed E-state index contributed by atoms with van der Waals surface area (Å²) in [5.74, 6) is -1.20. The van der Waals surface area contributed by atoms with Crippen molar-refractivity contribution < 1.29 is 27.0 Å². The number of nitrogen functional groups attached to an aromatic ring is 1. The normalized spacial score (nSPS) is 28.2. The summed E-state index contributed by atoms with van der Waals surface area (Å²) in [6, 6.07) is 3.39. The number of benzene rings is 1. The number of likely N-dealkylation sites (tertiary alicyclic amines) is 1. The van der Waals surface area contributed by atoms with E-state index in [1.165, 1.54) is 0 Å². The molecule has 1 aromatic carbocycles. The lowest BCUT2D eigenvalue weighted by atomic mass is 9.83. The maximum absolute atomic E-state index is 17.1. The van der Waals surface area contributed by atoms with Crippen molar-refractivity contribution in [1.29, 1.82) is 0 Å². The Labute approximate surface area is 289 Å². The summed E-state index contributed by atoms with van der Waals surface area (Å²) in [6.07, 6.45) is 11.2. The van der Waals surface area contributed by atoms with Crippen LogP contribution in [0, 0.1) is 42.3 Å². The summed E-state index contributed by atoms with van der Waals surface area (Å²) in [5, 5.41) is 0.407. The lowest BCUT2D eigenvalue weighted by Crippen LogP contribution is -2.52. The van der Waals surface area contributed by atoms with Crippen LogP contribution in [0.3, 0.4) is 0 Å². The first-order chi connectivity index (χ1) is 23.9. The first kappa shape index (κ1) is 33.2. The van der Waals surface area contributed by atoms with Crippen LogP contribution in [0.25, 0.3) is 27.7 Å². The van der Waals surface area contributed by atoms with Crippen LogP contribution >= 0.6 is 0 Å². The summed E-state index contributed by atoms with van der Waals surface area (Å²) >= 11 is 0. The number of anilines is 2. The zero-order chi connectivity index (χ0) is 35.2. The number of pyridine rings is 1. The number of halogens is 4. The highest BCUT2D eigenvalue weighted by molar-refractivity contribution is 5.96. The fourth-order valence-electron chi connectivity index (χ4n) is 8.52. The van der Waals surface area contributed by atoms with Gasteiger partial charge in [0.15, 0.2) is 5.82 Å². The van der Waals surface area contributed by atoms with Gasteiger partial charge < -0.3 is 20.1 Å². The molecule has 8 nitrogen and oxygen atoms in total. The smallest absolute Gasteiger partial charge is 0.319 e. The van der Waals surface area contributed by atoms with Gasteiger partial charge in [-0.3, -0.25) is 9.88 Å². The van der Waals surface area contributed by atoms with Crippen LogP contribution in [0.2, 0.25) is 0 Å². The highest BCUT2D eigenvalue weighted by atomic mass is 19.3. The zero-order valence-electron chi connectivity index (χ0n) is 28.7. The third-order valence-corrected chi connectivity index (χ3v) is 12.0. The van der Waals surface area contributed by atoms with E-state index < -0.39 is 29.0 Å². The third kappa shape index (κ3) is 5.39. The van der Waals surface area contributed by atoms with Crippen molar-refractivity contribution in [3.05, 3.63) is 41.1 Å². The molecule has 0 bridgehead atoms. The Morgan fingerprint density at radius 1 is 1.20 bits per heavy atom. The van der Waals surface area contributed by atoms with Gasteiger partial charge in [0.1, 0.15) is 29.5 Å². The molecular weight excluding hydrogens is 648 g/mol. The highest BCUT2D eigenvalue weighted by Gasteiger charge is 2.66.